The first-order valence-electron chi connectivity index (χ1n) is 4.89. The zero-order chi connectivity index (χ0) is 9.68. The van der Waals surface area contributed by atoms with Crippen molar-refractivity contribution >= 4 is 0 Å². The minimum absolute atomic E-state index is 1.02. The summed E-state index contributed by atoms with van der Waals surface area (Å²) in [6.45, 7) is 10.8. The average Bonchev–Trinajstić information content (AvgIpc) is 2.54. The maximum atomic E-state index is 3.97. The number of aromatic nitrogens is 2. The summed E-state index contributed by atoms with van der Waals surface area (Å²) in [6, 6.07) is 0. The topological polar surface area (TPSA) is 21.1 Å². The van der Waals surface area contributed by atoms with Crippen LogP contribution in [-0.2, 0) is 6.54 Å². The monoisotopic (exact) mass is 180 g/mol. The lowest BCUT2D eigenvalue weighted by Gasteiger charge is -2.18. The van der Waals surface area contributed by atoms with Gasteiger partial charge in [0.05, 0.1) is 6.33 Å². The van der Waals surface area contributed by atoms with Crippen LogP contribution in [-0.4, -0.2) is 34.1 Å². The molecular formula is C10H18N3. The zero-order valence-corrected chi connectivity index (χ0v) is 8.75. The third-order valence-electron chi connectivity index (χ3n) is 2.41. The number of likely N-dealkylation sites (N-methyl/N-ethyl adjacent to an activating group) is 1. The van der Waals surface area contributed by atoms with Crippen molar-refractivity contribution in [2.24, 2.45) is 0 Å². The molecule has 0 aliphatic carbocycles. The Balaban J connectivity index is 2.38. The quantitative estimate of drug-likeness (QED) is 0.681. The predicted octanol–water partition coefficient (Wildman–Crippen LogP) is 1.33. The zero-order valence-electron chi connectivity index (χ0n) is 8.75. The Kier molecular flexibility index (Phi) is 3.96. The van der Waals surface area contributed by atoms with Gasteiger partial charge in [-0.25, -0.2) is 4.98 Å². The summed E-state index contributed by atoms with van der Waals surface area (Å²) in [6.07, 6.45) is 4.77. The molecular weight excluding hydrogens is 162 g/mol. The second-order valence-electron chi connectivity index (χ2n) is 3.16. The van der Waals surface area contributed by atoms with Gasteiger partial charge in [0.25, 0.3) is 0 Å². The molecule has 0 aromatic carbocycles. The smallest absolute Gasteiger partial charge is 0.111 e. The van der Waals surface area contributed by atoms with Crippen molar-refractivity contribution in [2.75, 3.05) is 19.6 Å². The van der Waals surface area contributed by atoms with Crippen LogP contribution in [0.3, 0.4) is 0 Å². The molecule has 1 aromatic rings. The summed E-state index contributed by atoms with van der Waals surface area (Å²) < 4.78 is 2.14. The van der Waals surface area contributed by atoms with E-state index in [2.05, 4.69) is 34.5 Å². The minimum Gasteiger partial charge on any atom is -0.333 e. The fourth-order valence-electron chi connectivity index (χ4n) is 1.36. The molecule has 1 rings (SSSR count). The van der Waals surface area contributed by atoms with Crippen molar-refractivity contribution in [1.29, 1.82) is 0 Å². The van der Waals surface area contributed by atoms with Crippen LogP contribution in [0.5, 0.6) is 0 Å². The Morgan fingerprint density at radius 3 is 2.62 bits per heavy atom. The van der Waals surface area contributed by atoms with Gasteiger partial charge in [-0.05, 0) is 20.0 Å². The van der Waals surface area contributed by atoms with Crippen LogP contribution < -0.4 is 0 Å². The molecule has 0 amide bonds. The molecule has 1 radical (unpaired) electrons. The molecule has 0 atom stereocenters. The third-order valence-corrected chi connectivity index (χ3v) is 2.41. The van der Waals surface area contributed by atoms with Crippen LogP contribution in [0.1, 0.15) is 19.5 Å². The normalized spacial score (nSPS) is 11.1. The largest absolute Gasteiger partial charge is 0.333 e. The van der Waals surface area contributed by atoms with E-state index in [1.807, 2.05) is 13.3 Å². The fraction of sp³-hybridized carbons (Fsp3) is 0.700. The highest BCUT2D eigenvalue weighted by molar-refractivity contribution is 4.91. The Hall–Kier alpha value is -0.830. The maximum absolute atomic E-state index is 3.97. The molecule has 73 valence electrons. The summed E-state index contributed by atoms with van der Waals surface area (Å²) in [4.78, 5) is 6.37. The van der Waals surface area contributed by atoms with Crippen molar-refractivity contribution in [2.45, 2.75) is 27.3 Å². The predicted molar refractivity (Wildman–Crippen MR) is 53.6 cm³/mol. The van der Waals surface area contributed by atoms with Crippen molar-refractivity contribution in [3.05, 3.63) is 18.2 Å². The Bertz CT molecular complexity index is 238. The lowest BCUT2D eigenvalue weighted by atomic mass is 10.4. The number of hydrogen-bond acceptors (Lipinski definition) is 2. The van der Waals surface area contributed by atoms with Crippen molar-refractivity contribution in [3.8, 4) is 0 Å². The summed E-state index contributed by atoms with van der Waals surface area (Å²) in [5, 5.41) is 0. The maximum Gasteiger partial charge on any atom is 0.111 e. The average molecular weight is 180 g/mol. The van der Waals surface area contributed by atoms with E-state index in [1.54, 1.807) is 0 Å². The Labute approximate surface area is 80.4 Å². The van der Waals surface area contributed by atoms with Crippen molar-refractivity contribution in [1.82, 2.24) is 14.5 Å². The highest BCUT2D eigenvalue weighted by Gasteiger charge is 2.00. The van der Waals surface area contributed by atoms with E-state index in [-0.39, 0.29) is 0 Å². The molecule has 1 heterocycles. The SMILES string of the molecule is CCN(CC)CCn1cn[c]c1C. The van der Waals surface area contributed by atoms with E-state index in [0.717, 1.165) is 31.9 Å². The molecule has 0 spiro atoms. The van der Waals surface area contributed by atoms with Gasteiger partial charge in [0, 0.05) is 18.8 Å². The van der Waals surface area contributed by atoms with Gasteiger partial charge < -0.3 is 9.47 Å². The highest BCUT2D eigenvalue weighted by Crippen LogP contribution is 1.96. The molecule has 0 N–H and O–H groups in total. The molecule has 0 bridgehead atoms. The first kappa shape index (κ1) is 10.3. The van der Waals surface area contributed by atoms with Gasteiger partial charge >= 0.3 is 0 Å². The van der Waals surface area contributed by atoms with E-state index >= 15 is 0 Å². The number of hydrogen-bond donors (Lipinski definition) is 0. The van der Waals surface area contributed by atoms with Gasteiger partial charge in [0.2, 0.25) is 0 Å². The molecule has 0 aliphatic rings. The van der Waals surface area contributed by atoms with E-state index < -0.39 is 0 Å². The standard InChI is InChI=1S/C10H18N3/c1-4-12(5-2)6-7-13-9-11-8-10(13)3/h9H,4-7H2,1-3H3. The summed E-state index contributed by atoms with van der Waals surface area (Å²) in [5.41, 5.74) is 1.12. The number of imidazole rings is 1. The third kappa shape index (κ3) is 2.84. The molecule has 0 unspecified atom stereocenters. The lowest BCUT2D eigenvalue weighted by molar-refractivity contribution is 0.289. The first-order valence-corrected chi connectivity index (χ1v) is 4.89. The van der Waals surface area contributed by atoms with Crippen molar-refractivity contribution < 1.29 is 0 Å². The lowest BCUT2D eigenvalue weighted by Crippen LogP contribution is -2.27. The van der Waals surface area contributed by atoms with Gasteiger partial charge in [0.15, 0.2) is 0 Å². The van der Waals surface area contributed by atoms with Gasteiger partial charge in [-0.15, -0.1) is 0 Å². The highest BCUT2D eigenvalue weighted by atomic mass is 15.1. The second kappa shape index (κ2) is 5.02. The summed E-state index contributed by atoms with van der Waals surface area (Å²) >= 11 is 0. The Morgan fingerprint density at radius 2 is 2.15 bits per heavy atom. The van der Waals surface area contributed by atoms with E-state index in [9.17, 15) is 0 Å². The van der Waals surface area contributed by atoms with Gasteiger partial charge in [-0.1, -0.05) is 13.8 Å². The van der Waals surface area contributed by atoms with Gasteiger partial charge in [-0.3, -0.25) is 0 Å². The second-order valence-corrected chi connectivity index (χ2v) is 3.16. The van der Waals surface area contributed by atoms with Gasteiger partial charge in [-0.2, -0.15) is 0 Å². The number of aryl methyl sites for hydroxylation is 1. The number of nitrogens with zero attached hydrogens (tertiary/aromatic N) is 3. The van der Waals surface area contributed by atoms with Crippen LogP contribution >= 0.6 is 0 Å². The van der Waals surface area contributed by atoms with Gasteiger partial charge in [0.1, 0.15) is 6.20 Å². The minimum atomic E-state index is 1.02. The molecule has 0 saturated carbocycles. The van der Waals surface area contributed by atoms with Crippen LogP contribution in [0.4, 0.5) is 0 Å². The van der Waals surface area contributed by atoms with Crippen LogP contribution in [0, 0.1) is 13.1 Å². The Morgan fingerprint density at radius 1 is 1.46 bits per heavy atom. The molecule has 0 fully saturated rings. The van der Waals surface area contributed by atoms with Crippen molar-refractivity contribution in [3.63, 3.8) is 0 Å². The molecule has 1 aromatic heterocycles. The molecule has 0 saturated heterocycles. The molecule has 13 heavy (non-hydrogen) atoms. The summed E-state index contributed by atoms with van der Waals surface area (Å²) in [5.74, 6) is 0. The molecule has 3 heteroatoms. The van der Waals surface area contributed by atoms with Crippen LogP contribution in [0.25, 0.3) is 0 Å². The number of rotatable bonds is 5. The van der Waals surface area contributed by atoms with Crippen LogP contribution in [0.2, 0.25) is 0 Å². The van der Waals surface area contributed by atoms with Crippen LogP contribution in [0.15, 0.2) is 6.33 Å². The fourth-order valence-corrected chi connectivity index (χ4v) is 1.36. The first-order chi connectivity index (χ1) is 6.27. The van der Waals surface area contributed by atoms with E-state index in [4.69, 9.17) is 0 Å². The summed E-state index contributed by atoms with van der Waals surface area (Å²) in [7, 11) is 0. The molecule has 3 nitrogen and oxygen atoms in total. The molecule has 0 aliphatic heterocycles. The van der Waals surface area contributed by atoms with E-state index in [1.165, 1.54) is 0 Å². The van der Waals surface area contributed by atoms with E-state index in [0.29, 0.717) is 0 Å².